The van der Waals surface area contributed by atoms with Crippen molar-refractivity contribution < 1.29 is 24.2 Å². The second-order valence-electron chi connectivity index (χ2n) is 11.6. The topological polar surface area (TPSA) is 108 Å². The second kappa shape index (κ2) is 10.5. The van der Waals surface area contributed by atoms with E-state index in [9.17, 15) is 19.5 Å². The van der Waals surface area contributed by atoms with Gasteiger partial charge >= 0.3 is 0 Å². The van der Waals surface area contributed by atoms with Crippen LogP contribution in [0, 0.1) is 17.8 Å². The standard InChI is InChI=1S/C31H41N3O5/c1-5-16-32-27(36)24-25-29(38)34(23(18-35)19(4)6-2)26(31(25)15-14-30(24,7-3)39-31)28(37)33-22-13-12-20-10-8-9-11-21(20)17-22/h8-13,17,19,23-26,35H,5-7,14-16,18H2,1-4H3,(H,32,36)(H,33,37)/t19-,23-,24+,25-,26?,30-,31?/m0/s1. The average Bonchev–Trinajstić information content (AvgIpc) is 3.55. The van der Waals surface area contributed by atoms with E-state index in [0.29, 0.717) is 31.5 Å². The number of likely N-dealkylation sites (tertiary alicyclic amines) is 1. The van der Waals surface area contributed by atoms with Crippen LogP contribution < -0.4 is 10.6 Å². The van der Waals surface area contributed by atoms with Crippen molar-refractivity contribution in [3.8, 4) is 0 Å². The Balaban J connectivity index is 1.57. The highest BCUT2D eigenvalue weighted by Gasteiger charge is 2.79. The Kier molecular flexibility index (Phi) is 7.46. The molecule has 8 heteroatoms. The van der Waals surface area contributed by atoms with Gasteiger partial charge in [0.2, 0.25) is 17.7 Å². The molecule has 1 spiro atoms. The van der Waals surface area contributed by atoms with Crippen LogP contribution in [0.5, 0.6) is 0 Å². The number of nitrogens with zero attached hydrogens (tertiary/aromatic N) is 1. The van der Waals surface area contributed by atoms with E-state index in [1.165, 1.54) is 0 Å². The summed E-state index contributed by atoms with van der Waals surface area (Å²) in [6, 6.07) is 12.1. The Bertz CT molecular complexity index is 1270. The maximum atomic E-state index is 14.4. The van der Waals surface area contributed by atoms with E-state index in [2.05, 4.69) is 10.6 Å². The predicted molar refractivity (Wildman–Crippen MR) is 150 cm³/mol. The van der Waals surface area contributed by atoms with Crippen LogP contribution in [-0.2, 0) is 19.1 Å². The first kappa shape index (κ1) is 27.6. The van der Waals surface area contributed by atoms with Gasteiger partial charge in [0.25, 0.3) is 0 Å². The number of nitrogens with one attached hydrogen (secondary N) is 2. The monoisotopic (exact) mass is 535 g/mol. The number of fused-ring (bicyclic) bond motifs is 2. The van der Waals surface area contributed by atoms with Crippen LogP contribution in [0.15, 0.2) is 42.5 Å². The van der Waals surface area contributed by atoms with Gasteiger partial charge in [-0.15, -0.1) is 0 Å². The highest BCUT2D eigenvalue weighted by atomic mass is 16.5. The maximum absolute atomic E-state index is 14.4. The molecule has 2 bridgehead atoms. The van der Waals surface area contributed by atoms with Crippen LogP contribution in [0.25, 0.3) is 10.8 Å². The molecule has 210 valence electrons. The van der Waals surface area contributed by atoms with Crippen LogP contribution in [0.1, 0.15) is 59.8 Å². The largest absolute Gasteiger partial charge is 0.394 e. The van der Waals surface area contributed by atoms with Gasteiger partial charge in [-0.3, -0.25) is 14.4 Å². The third-order valence-corrected chi connectivity index (χ3v) is 9.56. The first-order chi connectivity index (χ1) is 18.8. The van der Waals surface area contributed by atoms with Gasteiger partial charge in [0.15, 0.2) is 0 Å². The summed E-state index contributed by atoms with van der Waals surface area (Å²) < 4.78 is 6.82. The van der Waals surface area contributed by atoms with Gasteiger partial charge in [-0.25, -0.2) is 0 Å². The van der Waals surface area contributed by atoms with Crippen molar-refractivity contribution in [2.75, 3.05) is 18.5 Å². The molecular formula is C31H41N3O5. The van der Waals surface area contributed by atoms with Gasteiger partial charge < -0.3 is 25.4 Å². The number of anilines is 1. The van der Waals surface area contributed by atoms with Gasteiger partial charge in [0.05, 0.1) is 30.1 Å². The minimum atomic E-state index is -1.12. The minimum Gasteiger partial charge on any atom is -0.394 e. The fraction of sp³-hybridized carbons (Fsp3) is 0.581. The molecule has 7 atom stereocenters. The van der Waals surface area contributed by atoms with Gasteiger partial charge in [0.1, 0.15) is 11.6 Å². The summed E-state index contributed by atoms with van der Waals surface area (Å²) in [5, 5.41) is 18.6. The number of ether oxygens (including phenoxy) is 1. The molecule has 3 amide bonds. The van der Waals surface area contributed by atoms with Crippen LogP contribution in [0.4, 0.5) is 5.69 Å². The molecule has 3 aliphatic heterocycles. The van der Waals surface area contributed by atoms with Crippen LogP contribution in [0.2, 0.25) is 0 Å². The zero-order valence-corrected chi connectivity index (χ0v) is 23.4. The molecule has 0 radical (unpaired) electrons. The summed E-state index contributed by atoms with van der Waals surface area (Å²) in [6.45, 7) is 8.21. The number of hydrogen-bond donors (Lipinski definition) is 3. The first-order valence-corrected chi connectivity index (χ1v) is 14.5. The molecule has 0 saturated carbocycles. The van der Waals surface area contributed by atoms with E-state index < -0.39 is 35.1 Å². The summed E-state index contributed by atoms with van der Waals surface area (Å²) in [4.78, 5) is 43.7. The number of amides is 3. The average molecular weight is 536 g/mol. The lowest BCUT2D eigenvalue weighted by Gasteiger charge is -2.39. The zero-order valence-electron chi connectivity index (χ0n) is 23.4. The number of carbonyl (C=O) groups excluding carboxylic acids is 3. The zero-order chi connectivity index (χ0) is 27.9. The Hall–Kier alpha value is -2.97. The van der Waals surface area contributed by atoms with E-state index >= 15 is 0 Å². The lowest BCUT2D eigenvalue weighted by molar-refractivity contribution is -0.150. The maximum Gasteiger partial charge on any atom is 0.250 e. The van der Waals surface area contributed by atoms with Crippen LogP contribution in [-0.4, -0.2) is 64.2 Å². The number of rotatable bonds is 10. The van der Waals surface area contributed by atoms with Crippen molar-refractivity contribution in [1.82, 2.24) is 10.2 Å². The number of benzene rings is 2. The molecule has 3 saturated heterocycles. The molecule has 0 aromatic heterocycles. The highest BCUT2D eigenvalue weighted by molar-refractivity contribution is 6.04. The van der Waals surface area contributed by atoms with Gasteiger partial charge in [0, 0.05) is 12.2 Å². The summed E-state index contributed by atoms with van der Waals surface area (Å²) in [6.07, 6.45) is 3.21. The van der Waals surface area contributed by atoms with Crippen molar-refractivity contribution in [2.45, 2.75) is 83.1 Å². The van der Waals surface area contributed by atoms with E-state index in [-0.39, 0.29) is 30.2 Å². The summed E-state index contributed by atoms with van der Waals surface area (Å²) >= 11 is 0. The fourth-order valence-electron chi connectivity index (χ4n) is 7.36. The number of carbonyl (C=O) groups is 3. The summed E-state index contributed by atoms with van der Waals surface area (Å²) in [5.74, 6) is -2.28. The van der Waals surface area contributed by atoms with Gasteiger partial charge in [-0.05, 0) is 54.5 Å². The van der Waals surface area contributed by atoms with Gasteiger partial charge in [-0.1, -0.05) is 64.4 Å². The molecule has 3 aliphatic rings. The smallest absolute Gasteiger partial charge is 0.250 e. The van der Waals surface area contributed by atoms with Crippen LogP contribution in [0.3, 0.4) is 0 Å². The van der Waals surface area contributed by atoms with E-state index in [1.54, 1.807) is 4.90 Å². The molecule has 0 aliphatic carbocycles. The molecule has 3 fully saturated rings. The molecule has 3 N–H and O–H groups in total. The lowest BCUT2D eigenvalue weighted by Crippen LogP contribution is -2.57. The van der Waals surface area contributed by atoms with E-state index in [1.807, 2.05) is 70.2 Å². The second-order valence-corrected chi connectivity index (χ2v) is 11.6. The molecule has 2 aromatic carbocycles. The molecule has 3 heterocycles. The molecule has 2 aromatic rings. The Labute approximate surface area is 230 Å². The van der Waals surface area contributed by atoms with E-state index in [4.69, 9.17) is 4.74 Å². The number of aliphatic hydroxyl groups is 1. The van der Waals surface area contributed by atoms with Gasteiger partial charge in [-0.2, -0.15) is 0 Å². The van der Waals surface area contributed by atoms with Crippen molar-refractivity contribution in [2.24, 2.45) is 17.8 Å². The summed E-state index contributed by atoms with van der Waals surface area (Å²) in [5.41, 5.74) is -1.27. The SMILES string of the molecule is CCCNC(=O)[C@H]1[C@H]2C(=O)N([C@@H](CO)[C@@H](C)CC)C(C(=O)Nc3ccc4ccccc4c3)C23CC[C@]1(CC)O3. The molecular weight excluding hydrogens is 494 g/mol. The van der Waals surface area contributed by atoms with Crippen molar-refractivity contribution in [3.05, 3.63) is 42.5 Å². The Morgan fingerprint density at radius 3 is 2.51 bits per heavy atom. The van der Waals surface area contributed by atoms with E-state index in [0.717, 1.165) is 23.6 Å². The Morgan fingerprint density at radius 1 is 1.10 bits per heavy atom. The predicted octanol–water partition coefficient (Wildman–Crippen LogP) is 3.87. The minimum absolute atomic E-state index is 0.0464. The molecule has 5 rings (SSSR count). The van der Waals surface area contributed by atoms with Crippen molar-refractivity contribution in [1.29, 1.82) is 0 Å². The quantitative estimate of drug-likeness (QED) is 0.428. The first-order valence-electron chi connectivity index (χ1n) is 14.5. The summed E-state index contributed by atoms with van der Waals surface area (Å²) in [7, 11) is 0. The fourth-order valence-corrected chi connectivity index (χ4v) is 7.36. The highest BCUT2D eigenvalue weighted by Crippen LogP contribution is 2.64. The molecule has 2 unspecified atom stereocenters. The number of aliphatic hydroxyl groups excluding tert-OH is 1. The molecule has 39 heavy (non-hydrogen) atoms. The lowest BCUT2D eigenvalue weighted by atomic mass is 9.65. The third-order valence-electron chi connectivity index (χ3n) is 9.56. The third kappa shape index (κ3) is 4.23. The Morgan fingerprint density at radius 2 is 1.85 bits per heavy atom. The van der Waals surface area contributed by atoms with Crippen molar-refractivity contribution >= 4 is 34.2 Å². The van der Waals surface area contributed by atoms with Crippen molar-refractivity contribution in [3.63, 3.8) is 0 Å². The normalized spacial score (nSPS) is 30.8. The number of hydrogen-bond acceptors (Lipinski definition) is 5. The molecule has 8 nitrogen and oxygen atoms in total. The van der Waals surface area contributed by atoms with Crippen LogP contribution >= 0.6 is 0 Å².